The zero-order valence-electron chi connectivity index (χ0n) is 8.55. The summed E-state index contributed by atoms with van der Waals surface area (Å²) in [6.45, 7) is 0.235. The molecule has 1 aromatic heterocycles. The number of aromatic amines is 1. The van der Waals surface area contributed by atoms with Crippen molar-refractivity contribution in [2.45, 2.75) is 6.54 Å². The van der Waals surface area contributed by atoms with Crippen molar-refractivity contribution >= 4 is 11.6 Å². The minimum Gasteiger partial charge on any atom is -0.508 e. The maximum absolute atomic E-state index is 11.6. The first-order valence-corrected chi connectivity index (χ1v) is 4.85. The third-order valence-electron chi connectivity index (χ3n) is 2.06. The van der Waals surface area contributed by atoms with Gasteiger partial charge in [-0.15, -0.1) is 0 Å². The van der Waals surface area contributed by atoms with Gasteiger partial charge in [-0.1, -0.05) is 6.07 Å². The van der Waals surface area contributed by atoms with E-state index < -0.39 is 0 Å². The third kappa shape index (κ3) is 2.60. The Bertz CT molecular complexity index is 480. The quantitative estimate of drug-likeness (QED) is 0.662. The Labute approximate surface area is 92.4 Å². The highest BCUT2D eigenvalue weighted by molar-refractivity contribution is 5.89. The molecule has 1 aromatic carbocycles. The summed E-state index contributed by atoms with van der Waals surface area (Å²) in [4.78, 5) is 14.4. The molecule has 2 rings (SSSR count). The van der Waals surface area contributed by atoms with E-state index in [2.05, 4.69) is 10.3 Å². The molecule has 3 N–H and O–H groups in total. The van der Waals surface area contributed by atoms with Crippen LogP contribution in [-0.4, -0.2) is 16.0 Å². The second-order valence-corrected chi connectivity index (χ2v) is 3.38. The van der Waals surface area contributed by atoms with Gasteiger partial charge in [0.25, 0.3) is 5.91 Å². The largest absolute Gasteiger partial charge is 0.508 e. The van der Waals surface area contributed by atoms with E-state index in [4.69, 9.17) is 0 Å². The van der Waals surface area contributed by atoms with Crippen molar-refractivity contribution < 1.29 is 14.5 Å². The first-order valence-electron chi connectivity index (χ1n) is 4.85. The molecular weight excluding hydrogens is 206 g/mol. The first kappa shape index (κ1) is 10.2. The predicted molar refractivity (Wildman–Crippen MR) is 57.7 cm³/mol. The molecule has 0 spiro atoms. The summed E-state index contributed by atoms with van der Waals surface area (Å²) in [6.07, 6.45) is 5.20. The fourth-order valence-electron chi connectivity index (χ4n) is 1.37. The number of H-pyrrole nitrogens is 1. The second kappa shape index (κ2) is 4.48. The van der Waals surface area contributed by atoms with E-state index in [1.165, 1.54) is 6.07 Å². The van der Waals surface area contributed by atoms with Crippen molar-refractivity contribution in [3.8, 4) is 5.75 Å². The SMILES string of the molecule is O=C(C[n+]1cc[nH]c1)Nc1cccc(O)c1. The van der Waals surface area contributed by atoms with Crippen molar-refractivity contribution in [3.63, 3.8) is 0 Å². The second-order valence-electron chi connectivity index (χ2n) is 3.38. The summed E-state index contributed by atoms with van der Waals surface area (Å²) in [6, 6.07) is 6.45. The fraction of sp³-hybridized carbons (Fsp3) is 0.0909. The van der Waals surface area contributed by atoms with E-state index in [0.29, 0.717) is 5.69 Å². The molecule has 0 saturated heterocycles. The third-order valence-corrected chi connectivity index (χ3v) is 2.06. The minimum absolute atomic E-state index is 0.132. The van der Waals surface area contributed by atoms with Crippen LogP contribution in [0.3, 0.4) is 0 Å². The summed E-state index contributed by atoms with van der Waals surface area (Å²) in [7, 11) is 0. The highest BCUT2D eigenvalue weighted by Crippen LogP contribution is 2.14. The van der Waals surface area contributed by atoms with Crippen molar-refractivity contribution in [1.29, 1.82) is 0 Å². The average molecular weight is 218 g/mol. The average Bonchev–Trinajstić information content (AvgIpc) is 2.70. The number of hydrogen-bond acceptors (Lipinski definition) is 2. The molecule has 0 aliphatic rings. The van der Waals surface area contributed by atoms with Gasteiger partial charge >= 0.3 is 0 Å². The molecule has 5 nitrogen and oxygen atoms in total. The Morgan fingerprint density at radius 3 is 3.06 bits per heavy atom. The van der Waals surface area contributed by atoms with E-state index in [1.54, 1.807) is 41.5 Å². The van der Waals surface area contributed by atoms with Gasteiger partial charge < -0.3 is 10.4 Å². The molecular formula is C11H12N3O2+. The van der Waals surface area contributed by atoms with Crippen molar-refractivity contribution in [2.75, 3.05) is 5.32 Å². The van der Waals surface area contributed by atoms with Crippen LogP contribution in [0, 0.1) is 0 Å². The first-order chi connectivity index (χ1) is 7.74. The van der Waals surface area contributed by atoms with Crippen LogP contribution in [0.2, 0.25) is 0 Å². The number of carbonyl (C=O) groups excluding carboxylic acids is 1. The standard InChI is InChI=1S/C11H11N3O2/c15-10-3-1-2-9(6-10)13-11(16)7-14-5-4-12-8-14/h1-6,8H,7H2,(H2,13,15,16)/p+1. The van der Waals surface area contributed by atoms with E-state index in [-0.39, 0.29) is 18.2 Å². The van der Waals surface area contributed by atoms with Crippen LogP contribution in [0.25, 0.3) is 0 Å². The molecule has 16 heavy (non-hydrogen) atoms. The summed E-state index contributed by atoms with van der Waals surface area (Å²) >= 11 is 0. The van der Waals surface area contributed by atoms with Crippen LogP contribution in [0.4, 0.5) is 5.69 Å². The van der Waals surface area contributed by atoms with Crippen molar-refractivity contribution in [3.05, 3.63) is 43.0 Å². The van der Waals surface area contributed by atoms with Gasteiger partial charge in [0.1, 0.15) is 18.1 Å². The topological polar surface area (TPSA) is 69.0 Å². The maximum atomic E-state index is 11.6. The van der Waals surface area contributed by atoms with Gasteiger partial charge in [0.15, 0.2) is 6.54 Å². The number of aromatic hydroxyl groups is 1. The van der Waals surface area contributed by atoms with Crippen LogP contribution in [0.1, 0.15) is 0 Å². The molecule has 2 aromatic rings. The maximum Gasteiger partial charge on any atom is 0.266 e. The summed E-state index contributed by atoms with van der Waals surface area (Å²) < 4.78 is 1.72. The number of phenols is 1. The lowest BCUT2D eigenvalue weighted by atomic mass is 10.3. The summed E-state index contributed by atoms with van der Waals surface area (Å²) in [5, 5.41) is 11.9. The molecule has 0 atom stereocenters. The number of aromatic nitrogens is 2. The van der Waals surface area contributed by atoms with E-state index in [0.717, 1.165) is 0 Å². The van der Waals surface area contributed by atoms with E-state index in [9.17, 15) is 9.90 Å². The monoisotopic (exact) mass is 218 g/mol. The number of benzene rings is 1. The lowest BCUT2D eigenvalue weighted by molar-refractivity contribution is -0.682. The Morgan fingerprint density at radius 2 is 2.38 bits per heavy atom. The lowest BCUT2D eigenvalue weighted by Crippen LogP contribution is -2.38. The van der Waals surface area contributed by atoms with Gasteiger partial charge in [-0.2, -0.15) is 0 Å². The normalized spacial score (nSPS) is 10.0. The Morgan fingerprint density at radius 1 is 1.50 bits per heavy atom. The Hall–Kier alpha value is -2.30. The molecule has 0 saturated carbocycles. The molecule has 0 radical (unpaired) electrons. The molecule has 0 aliphatic heterocycles. The smallest absolute Gasteiger partial charge is 0.266 e. The molecule has 0 aliphatic carbocycles. The summed E-state index contributed by atoms with van der Waals surface area (Å²) in [5.74, 6) is -0.0118. The number of nitrogens with one attached hydrogen (secondary N) is 2. The molecule has 0 fully saturated rings. The zero-order valence-corrected chi connectivity index (χ0v) is 8.55. The van der Waals surface area contributed by atoms with Gasteiger partial charge in [0.05, 0.1) is 0 Å². The molecule has 1 heterocycles. The van der Waals surface area contributed by atoms with Crippen LogP contribution in [-0.2, 0) is 11.3 Å². The Balaban J connectivity index is 1.97. The Kier molecular flexibility index (Phi) is 2.86. The van der Waals surface area contributed by atoms with Crippen molar-refractivity contribution in [2.24, 2.45) is 0 Å². The van der Waals surface area contributed by atoms with Gasteiger partial charge in [-0.05, 0) is 12.1 Å². The highest BCUT2D eigenvalue weighted by Gasteiger charge is 2.06. The van der Waals surface area contributed by atoms with E-state index in [1.807, 2.05) is 0 Å². The number of hydrogen-bond donors (Lipinski definition) is 3. The molecule has 0 unspecified atom stereocenters. The van der Waals surface area contributed by atoms with Crippen LogP contribution in [0.5, 0.6) is 5.75 Å². The predicted octanol–water partition coefficient (Wildman–Crippen LogP) is 0.646. The van der Waals surface area contributed by atoms with Crippen molar-refractivity contribution in [1.82, 2.24) is 4.98 Å². The number of carbonyl (C=O) groups is 1. The number of rotatable bonds is 3. The zero-order chi connectivity index (χ0) is 11.4. The number of imidazole rings is 1. The molecule has 5 heteroatoms. The van der Waals surface area contributed by atoms with E-state index >= 15 is 0 Å². The van der Waals surface area contributed by atoms with Crippen LogP contribution in [0.15, 0.2) is 43.0 Å². The van der Waals surface area contributed by atoms with Crippen LogP contribution < -0.4 is 9.88 Å². The lowest BCUT2D eigenvalue weighted by Gasteiger charge is -2.03. The highest BCUT2D eigenvalue weighted by atomic mass is 16.3. The summed E-state index contributed by atoms with van der Waals surface area (Å²) in [5.41, 5.74) is 0.584. The minimum atomic E-state index is -0.143. The van der Waals surface area contributed by atoms with Gasteiger partial charge in [0.2, 0.25) is 6.33 Å². The van der Waals surface area contributed by atoms with Gasteiger partial charge in [0, 0.05) is 11.8 Å². The fourth-order valence-corrected chi connectivity index (χ4v) is 1.37. The number of nitrogens with zero attached hydrogens (tertiary/aromatic N) is 1. The molecule has 1 amide bonds. The number of anilines is 1. The molecule has 0 bridgehead atoms. The number of phenolic OH excluding ortho intramolecular Hbond substituents is 1. The molecule has 82 valence electrons. The van der Waals surface area contributed by atoms with Crippen LogP contribution >= 0.6 is 0 Å². The number of amides is 1. The van der Waals surface area contributed by atoms with Gasteiger partial charge in [-0.25, -0.2) is 4.57 Å². The van der Waals surface area contributed by atoms with Gasteiger partial charge in [-0.3, -0.25) is 9.78 Å².